The van der Waals surface area contributed by atoms with E-state index < -0.39 is 0 Å². The van der Waals surface area contributed by atoms with E-state index in [0.29, 0.717) is 18.6 Å². The Kier molecular flexibility index (Phi) is 2.71. The van der Waals surface area contributed by atoms with Gasteiger partial charge in [0, 0.05) is 35.9 Å². The Balaban J connectivity index is 2.06. The van der Waals surface area contributed by atoms with Gasteiger partial charge in [0.2, 0.25) is 0 Å². The summed E-state index contributed by atoms with van der Waals surface area (Å²) in [5, 5.41) is 4.62. The molecule has 3 heteroatoms. The Morgan fingerprint density at radius 2 is 2.17 bits per heavy atom. The number of nitrogens with one attached hydrogen (secondary N) is 1. The first-order valence-corrected chi connectivity index (χ1v) is 6.39. The van der Waals surface area contributed by atoms with Gasteiger partial charge in [0.05, 0.1) is 6.26 Å². The molecule has 2 aromatic rings. The molecule has 1 aromatic carbocycles. The minimum absolute atomic E-state index is 0.0792. The monoisotopic (exact) mass is 243 g/mol. The Morgan fingerprint density at radius 1 is 1.33 bits per heavy atom. The van der Waals surface area contributed by atoms with E-state index in [4.69, 9.17) is 4.42 Å². The van der Waals surface area contributed by atoms with E-state index in [1.807, 2.05) is 19.1 Å². The average molecular weight is 243 g/mol. The third-order valence-electron chi connectivity index (χ3n) is 3.65. The minimum atomic E-state index is 0.0792. The normalized spacial score (nSPS) is 24.7. The van der Waals surface area contributed by atoms with Crippen LogP contribution in [-0.4, -0.2) is 11.8 Å². The van der Waals surface area contributed by atoms with Crippen molar-refractivity contribution in [3.8, 4) is 0 Å². The molecule has 0 radical (unpaired) electrons. The van der Waals surface area contributed by atoms with Gasteiger partial charge in [0.1, 0.15) is 11.4 Å². The number of fused-ring (bicyclic) bond motifs is 1. The molecule has 1 aromatic heterocycles. The van der Waals surface area contributed by atoms with Gasteiger partial charge in [-0.15, -0.1) is 0 Å². The maximum atomic E-state index is 11.7. The second-order valence-electron chi connectivity index (χ2n) is 5.21. The molecule has 1 aliphatic rings. The fourth-order valence-electron chi connectivity index (χ4n) is 2.80. The number of furan rings is 1. The zero-order valence-electron chi connectivity index (χ0n) is 10.7. The quantitative estimate of drug-likeness (QED) is 0.836. The lowest BCUT2D eigenvalue weighted by atomic mass is 9.92. The van der Waals surface area contributed by atoms with Gasteiger partial charge in [0.25, 0.3) is 0 Å². The summed E-state index contributed by atoms with van der Waals surface area (Å²) in [6.07, 6.45) is 2.97. The molecule has 1 saturated heterocycles. The van der Waals surface area contributed by atoms with Crippen LogP contribution in [0.15, 0.2) is 28.9 Å². The van der Waals surface area contributed by atoms with E-state index in [-0.39, 0.29) is 12.1 Å². The number of benzene rings is 1. The number of carbonyl (C=O) groups excluding carboxylic acids is 1. The molecular weight excluding hydrogens is 226 g/mol. The van der Waals surface area contributed by atoms with Gasteiger partial charge >= 0.3 is 0 Å². The van der Waals surface area contributed by atoms with E-state index in [0.717, 1.165) is 22.1 Å². The number of para-hydroxylation sites is 1. The number of piperidine rings is 1. The fraction of sp³-hybridized carbons (Fsp3) is 0.400. The maximum absolute atomic E-state index is 11.7. The molecule has 0 aliphatic carbocycles. The lowest BCUT2D eigenvalue weighted by Gasteiger charge is -2.28. The predicted molar refractivity (Wildman–Crippen MR) is 70.5 cm³/mol. The summed E-state index contributed by atoms with van der Waals surface area (Å²) >= 11 is 0. The largest absolute Gasteiger partial charge is 0.464 e. The van der Waals surface area contributed by atoms with Gasteiger partial charge in [-0.2, -0.15) is 0 Å². The van der Waals surface area contributed by atoms with Crippen LogP contribution in [0.3, 0.4) is 0 Å². The minimum Gasteiger partial charge on any atom is -0.464 e. The van der Waals surface area contributed by atoms with Crippen molar-refractivity contribution < 1.29 is 9.21 Å². The number of hydrogen-bond acceptors (Lipinski definition) is 3. The summed E-state index contributed by atoms with van der Waals surface area (Å²) in [4.78, 5) is 11.7. The van der Waals surface area contributed by atoms with Gasteiger partial charge in [-0.25, -0.2) is 0 Å². The zero-order chi connectivity index (χ0) is 12.7. The molecule has 0 amide bonds. The van der Waals surface area contributed by atoms with Crippen LogP contribution in [0.25, 0.3) is 11.0 Å². The van der Waals surface area contributed by atoms with Gasteiger partial charge in [-0.3, -0.25) is 4.79 Å². The summed E-state index contributed by atoms with van der Waals surface area (Å²) in [6, 6.07) is 6.46. The van der Waals surface area contributed by atoms with Crippen LogP contribution in [0.5, 0.6) is 0 Å². The second-order valence-corrected chi connectivity index (χ2v) is 5.21. The molecule has 18 heavy (non-hydrogen) atoms. The highest BCUT2D eigenvalue weighted by molar-refractivity contribution is 5.86. The highest BCUT2D eigenvalue weighted by Gasteiger charge is 2.27. The van der Waals surface area contributed by atoms with Crippen LogP contribution in [0, 0.1) is 6.92 Å². The summed E-state index contributed by atoms with van der Waals surface area (Å²) < 4.78 is 5.65. The first kappa shape index (κ1) is 11.5. The van der Waals surface area contributed by atoms with Crippen molar-refractivity contribution in [3.05, 3.63) is 35.6 Å². The van der Waals surface area contributed by atoms with Crippen molar-refractivity contribution in [2.24, 2.45) is 0 Å². The standard InChI is InChI=1S/C15H17NO2/c1-9-8-18-15-12(9)4-3-5-13(15)14-7-11(17)6-10(2)16-14/h3-5,8,10,14,16H,6-7H2,1-2H3. The highest BCUT2D eigenvalue weighted by Crippen LogP contribution is 2.31. The van der Waals surface area contributed by atoms with Crippen molar-refractivity contribution >= 4 is 16.8 Å². The highest BCUT2D eigenvalue weighted by atomic mass is 16.3. The molecule has 0 bridgehead atoms. The fourth-order valence-corrected chi connectivity index (χ4v) is 2.80. The van der Waals surface area contributed by atoms with Crippen molar-refractivity contribution in [1.82, 2.24) is 5.32 Å². The summed E-state index contributed by atoms with van der Waals surface area (Å²) in [5.41, 5.74) is 3.15. The first-order valence-electron chi connectivity index (χ1n) is 6.39. The van der Waals surface area contributed by atoms with Crippen LogP contribution >= 0.6 is 0 Å². The van der Waals surface area contributed by atoms with Crippen molar-refractivity contribution in [2.45, 2.75) is 38.8 Å². The van der Waals surface area contributed by atoms with Crippen LogP contribution in [0.1, 0.15) is 36.9 Å². The Labute approximate surface area is 106 Å². The molecule has 1 fully saturated rings. The number of carbonyl (C=O) groups is 1. The van der Waals surface area contributed by atoms with Crippen LogP contribution in [0.2, 0.25) is 0 Å². The third kappa shape index (κ3) is 1.85. The van der Waals surface area contributed by atoms with Crippen molar-refractivity contribution in [3.63, 3.8) is 0 Å². The molecule has 0 spiro atoms. The second kappa shape index (κ2) is 4.25. The topological polar surface area (TPSA) is 42.2 Å². The van der Waals surface area contributed by atoms with Gasteiger partial charge < -0.3 is 9.73 Å². The molecule has 2 heterocycles. The van der Waals surface area contributed by atoms with Crippen LogP contribution in [-0.2, 0) is 4.79 Å². The molecule has 0 saturated carbocycles. The number of Topliss-reactive ketones (excluding diaryl/α,β-unsaturated/α-hetero) is 1. The van der Waals surface area contributed by atoms with Crippen LogP contribution in [0.4, 0.5) is 0 Å². The number of aryl methyl sites for hydroxylation is 1. The maximum Gasteiger partial charge on any atom is 0.138 e. The number of hydrogen-bond donors (Lipinski definition) is 1. The smallest absolute Gasteiger partial charge is 0.138 e. The molecule has 2 atom stereocenters. The van der Waals surface area contributed by atoms with E-state index >= 15 is 0 Å². The molecule has 3 rings (SSSR count). The lowest BCUT2D eigenvalue weighted by Crippen LogP contribution is -2.38. The van der Waals surface area contributed by atoms with Gasteiger partial charge in [-0.05, 0) is 19.4 Å². The Hall–Kier alpha value is -1.61. The number of ketones is 1. The van der Waals surface area contributed by atoms with Gasteiger partial charge in [-0.1, -0.05) is 18.2 Å². The van der Waals surface area contributed by atoms with Crippen molar-refractivity contribution in [2.75, 3.05) is 0 Å². The third-order valence-corrected chi connectivity index (χ3v) is 3.65. The van der Waals surface area contributed by atoms with E-state index in [9.17, 15) is 4.79 Å². The SMILES string of the molecule is Cc1coc2c(C3CC(=O)CC(C)N3)cccc12. The molecular formula is C15H17NO2. The predicted octanol–water partition coefficient (Wildman–Crippen LogP) is 3.12. The van der Waals surface area contributed by atoms with Crippen LogP contribution < -0.4 is 5.32 Å². The number of rotatable bonds is 1. The first-order chi connectivity index (χ1) is 8.65. The van der Waals surface area contributed by atoms with E-state index in [1.165, 1.54) is 0 Å². The van der Waals surface area contributed by atoms with Crippen molar-refractivity contribution in [1.29, 1.82) is 0 Å². The Bertz CT molecular complexity index is 600. The average Bonchev–Trinajstić information content (AvgIpc) is 2.70. The molecule has 1 aliphatic heterocycles. The Morgan fingerprint density at radius 3 is 2.94 bits per heavy atom. The van der Waals surface area contributed by atoms with Gasteiger partial charge in [0.15, 0.2) is 0 Å². The molecule has 3 nitrogen and oxygen atoms in total. The summed E-state index contributed by atoms with van der Waals surface area (Å²) in [6.45, 7) is 4.09. The molecule has 94 valence electrons. The molecule has 2 unspecified atom stereocenters. The zero-order valence-corrected chi connectivity index (χ0v) is 10.7. The van der Waals surface area contributed by atoms with E-state index in [1.54, 1.807) is 6.26 Å². The van der Waals surface area contributed by atoms with E-state index in [2.05, 4.69) is 18.3 Å². The lowest BCUT2D eigenvalue weighted by molar-refractivity contribution is -0.121. The summed E-state index contributed by atoms with van der Waals surface area (Å²) in [5.74, 6) is 0.325. The molecule has 1 N–H and O–H groups in total. The summed E-state index contributed by atoms with van der Waals surface area (Å²) in [7, 11) is 0.